The molecule has 1 aliphatic rings. The minimum atomic E-state index is 0. The van der Waals surface area contributed by atoms with E-state index in [1.165, 1.54) is 17.5 Å². The second kappa shape index (κ2) is 12.1. The first-order chi connectivity index (χ1) is 12.1. The molecule has 1 aromatic rings. The number of nitrogens with zero attached hydrogens (tertiary/aromatic N) is 2. The molecule has 0 spiro atoms. The smallest absolute Gasteiger partial charge is 0.241 e. The van der Waals surface area contributed by atoms with E-state index in [0.29, 0.717) is 19.0 Å². The van der Waals surface area contributed by atoms with Gasteiger partial charge in [0.25, 0.3) is 0 Å². The lowest BCUT2D eigenvalue weighted by atomic mass is 10.1. The van der Waals surface area contributed by atoms with Gasteiger partial charge >= 0.3 is 0 Å². The molecule has 1 heterocycles. The molecule has 6 nitrogen and oxygen atoms in total. The zero-order valence-corrected chi connectivity index (χ0v) is 18.3. The van der Waals surface area contributed by atoms with Crippen LogP contribution < -0.4 is 10.6 Å². The monoisotopic (exact) mass is 474 g/mol. The fraction of sp³-hybridized carbons (Fsp3) is 0.579. The number of hydrogen-bond acceptors (Lipinski definition) is 3. The Balaban J connectivity index is 0.00000338. The Morgan fingerprint density at radius 2 is 2.04 bits per heavy atom. The molecule has 0 bridgehead atoms. The molecule has 1 saturated heterocycles. The molecule has 146 valence electrons. The first kappa shape index (κ1) is 22.7. The van der Waals surface area contributed by atoms with E-state index in [1.807, 2.05) is 12.1 Å². The lowest BCUT2D eigenvalue weighted by Gasteiger charge is -2.24. The Morgan fingerprint density at radius 3 is 2.69 bits per heavy atom. The van der Waals surface area contributed by atoms with Gasteiger partial charge in [0.15, 0.2) is 5.96 Å². The molecule has 2 N–H and O–H groups in total. The Labute approximate surface area is 173 Å². The number of amides is 1. The lowest BCUT2D eigenvalue weighted by molar-refractivity contribution is -0.127. The van der Waals surface area contributed by atoms with Crippen LogP contribution in [0.2, 0.25) is 0 Å². The molecule has 1 aliphatic heterocycles. The summed E-state index contributed by atoms with van der Waals surface area (Å²) in [4.78, 5) is 18.0. The molecule has 1 unspecified atom stereocenters. The van der Waals surface area contributed by atoms with Gasteiger partial charge in [-0.05, 0) is 37.3 Å². The normalized spacial score (nSPS) is 17.2. The summed E-state index contributed by atoms with van der Waals surface area (Å²) in [6.45, 7) is 4.41. The van der Waals surface area contributed by atoms with Crippen LogP contribution in [-0.2, 0) is 16.1 Å². The van der Waals surface area contributed by atoms with Gasteiger partial charge in [0.05, 0.1) is 19.2 Å². The largest absolute Gasteiger partial charge is 0.376 e. The number of ether oxygens (including phenoxy) is 1. The molecule has 0 aromatic heterocycles. The van der Waals surface area contributed by atoms with Gasteiger partial charge in [-0.25, -0.2) is 4.99 Å². The van der Waals surface area contributed by atoms with Crippen LogP contribution in [0.3, 0.4) is 0 Å². The lowest BCUT2D eigenvalue weighted by Crippen LogP contribution is -2.45. The van der Waals surface area contributed by atoms with Crippen LogP contribution in [0.25, 0.3) is 0 Å². The predicted octanol–water partition coefficient (Wildman–Crippen LogP) is 2.31. The fourth-order valence-electron chi connectivity index (χ4n) is 2.62. The van der Waals surface area contributed by atoms with Crippen LogP contribution in [-0.4, -0.2) is 56.7 Å². The third-order valence-corrected chi connectivity index (χ3v) is 4.35. The SMILES string of the molecule is Cc1ccccc1CN=C(NCC(=O)N(C)C)NCC1CCCCO1.I. The molecule has 1 amide bonds. The summed E-state index contributed by atoms with van der Waals surface area (Å²) in [5, 5.41) is 6.44. The zero-order chi connectivity index (χ0) is 18.1. The van der Waals surface area contributed by atoms with Gasteiger partial charge in [-0.2, -0.15) is 0 Å². The fourth-order valence-corrected chi connectivity index (χ4v) is 2.62. The second-order valence-electron chi connectivity index (χ2n) is 6.60. The number of aliphatic imine (C=N–C) groups is 1. The molecule has 0 saturated carbocycles. The summed E-state index contributed by atoms with van der Waals surface area (Å²) in [6, 6.07) is 8.20. The molecule has 1 atom stereocenters. The Hall–Kier alpha value is -1.35. The highest BCUT2D eigenvalue weighted by molar-refractivity contribution is 14.0. The molecule has 1 aromatic carbocycles. The molecule has 2 rings (SSSR count). The van der Waals surface area contributed by atoms with Crippen molar-refractivity contribution in [2.24, 2.45) is 4.99 Å². The molecule has 1 fully saturated rings. The maximum atomic E-state index is 11.8. The van der Waals surface area contributed by atoms with E-state index in [0.717, 1.165) is 19.4 Å². The van der Waals surface area contributed by atoms with E-state index in [9.17, 15) is 4.79 Å². The Kier molecular flexibility index (Phi) is 10.6. The maximum Gasteiger partial charge on any atom is 0.241 e. The third kappa shape index (κ3) is 7.90. The average molecular weight is 474 g/mol. The first-order valence-corrected chi connectivity index (χ1v) is 8.94. The van der Waals surface area contributed by atoms with E-state index in [1.54, 1.807) is 19.0 Å². The minimum absolute atomic E-state index is 0. The molecule has 7 heteroatoms. The molecule has 26 heavy (non-hydrogen) atoms. The summed E-state index contributed by atoms with van der Waals surface area (Å²) in [5.41, 5.74) is 2.39. The topological polar surface area (TPSA) is 66.0 Å². The van der Waals surface area contributed by atoms with Gasteiger partial charge in [-0.1, -0.05) is 24.3 Å². The van der Waals surface area contributed by atoms with Crippen molar-refractivity contribution in [1.29, 1.82) is 0 Å². The van der Waals surface area contributed by atoms with E-state index >= 15 is 0 Å². The summed E-state index contributed by atoms with van der Waals surface area (Å²) in [6.07, 6.45) is 3.62. The number of carbonyl (C=O) groups excluding carboxylic acids is 1. The number of aryl methyl sites for hydroxylation is 1. The zero-order valence-electron chi connectivity index (χ0n) is 16.0. The highest BCUT2D eigenvalue weighted by atomic mass is 127. The van der Waals surface area contributed by atoms with Gasteiger partial charge < -0.3 is 20.3 Å². The van der Waals surface area contributed by atoms with Crippen LogP contribution in [0.15, 0.2) is 29.3 Å². The van der Waals surface area contributed by atoms with Crippen molar-refractivity contribution in [3.63, 3.8) is 0 Å². The summed E-state index contributed by atoms with van der Waals surface area (Å²) < 4.78 is 5.75. The molecule has 0 aliphatic carbocycles. The van der Waals surface area contributed by atoms with Crippen LogP contribution in [0.5, 0.6) is 0 Å². The van der Waals surface area contributed by atoms with E-state index < -0.39 is 0 Å². The van der Waals surface area contributed by atoms with E-state index in [2.05, 4.69) is 34.7 Å². The van der Waals surface area contributed by atoms with Gasteiger partial charge in [-0.3, -0.25) is 4.79 Å². The molecular weight excluding hydrogens is 443 g/mol. The number of likely N-dealkylation sites (N-methyl/N-ethyl adjacent to an activating group) is 1. The van der Waals surface area contributed by atoms with Crippen molar-refractivity contribution in [1.82, 2.24) is 15.5 Å². The quantitative estimate of drug-likeness (QED) is 0.378. The number of benzene rings is 1. The number of nitrogens with one attached hydrogen (secondary N) is 2. The van der Waals surface area contributed by atoms with Crippen LogP contribution in [0, 0.1) is 6.92 Å². The van der Waals surface area contributed by atoms with Gasteiger partial charge in [0.1, 0.15) is 0 Å². The van der Waals surface area contributed by atoms with Crippen molar-refractivity contribution in [2.75, 3.05) is 33.8 Å². The summed E-state index contributed by atoms with van der Waals surface area (Å²) in [7, 11) is 3.49. The van der Waals surface area contributed by atoms with E-state index in [-0.39, 0.29) is 42.5 Å². The minimum Gasteiger partial charge on any atom is -0.376 e. The average Bonchev–Trinajstić information content (AvgIpc) is 2.62. The number of carbonyl (C=O) groups is 1. The number of guanidine groups is 1. The van der Waals surface area contributed by atoms with E-state index in [4.69, 9.17) is 4.74 Å². The van der Waals surface area contributed by atoms with Crippen molar-refractivity contribution >= 4 is 35.8 Å². The highest BCUT2D eigenvalue weighted by Crippen LogP contribution is 2.11. The van der Waals surface area contributed by atoms with Crippen molar-refractivity contribution < 1.29 is 9.53 Å². The van der Waals surface area contributed by atoms with Crippen LogP contribution >= 0.6 is 24.0 Å². The molecular formula is C19H31IN4O2. The number of rotatable bonds is 6. The standard InChI is InChI=1S/C19H30N4O2.HI/c1-15-8-4-5-9-16(15)12-20-19(22-14-18(24)23(2)3)21-13-17-10-6-7-11-25-17;/h4-5,8-9,17H,6-7,10-14H2,1-3H3,(H2,20,21,22);1H. The number of halogens is 1. The molecule has 0 radical (unpaired) electrons. The van der Waals surface area contributed by atoms with Crippen LogP contribution in [0.1, 0.15) is 30.4 Å². The Bertz CT molecular complexity index is 587. The third-order valence-electron chi connectivity index (χ3n) is 4.35. The second-order valence-corrected chi connectivity index (χ2v) is 6.60. The van der Waals surface area contributed by atoms with Gasteiger partial charge in [-0.15, -0.1) is 24.0 Å². The summed E-state index contributed by atoms with van der Waals surface area (Å²) >= 11 is 0. The predicted molar refractivity (Wildman–Crippen MR) is 116 cm³/mol. The number of hydrogen-bond donors (Lipinski definition) is 2. The van der Waals surface area contributed by atoms with Crippen molar-refractivity contribution in [3.05, 3.63) is 35.4 Å². The highest BCUT2D eigenvalue weighted by Gasteiger charge is 2.14. The van der Waals surface area contributed by atoms with Gasteiger partial charge in [0.2, 0.25) is 5.91 Å². The van der Waals surface area contributed by atoms with Crippen molar-refractivity contribution in [3.8, 4) is 0 Å². The van der Waals surface area contributed by atoms with Crippen LogP contribution in [0.4, 0.5) is 0 Å². The van der Waals surface area contributed by atoms with Gasteiger partial charge in [0, 0.05) is 27.2 Å². The van der Waals surface area contributed by atoms with Crippen molar-refractivity contribution in [2.45, 2.75) is 38.8 Å². The maximum absolute atomic E-state index is 11.8. The first-order valence-electron chi connectivity index (χ1n) is 8.94. The Morgan fingerprint density at radius 1 is 1.27 bits per heavy atom. The summed E-state index contributed by atoms with van der Waals surface area (Å²) in [5.74, 6) is 0.659.